The summed E-state index contributed by atoms with van der Waals surface area (Å²) in [6.45, 7) is 8.84. The fourth-order valence-electron chi connectivity index (χ4n) is 1.66. The Labute approximate surface area is 122 Å². The average Bonchev–Trinajstić information content (AvgIpc) is 2.46. The zero-order chi connectivity index (χ0) is 14.8. The zero-order valence-corrected chi connectivity index (χ0v) is 13.1. The third-order valence-electron chi connectivity index (χ3n) is 2.71. The van der Waals surface area contributed by atoms with Gasteiger partial charge in [-0.15, -0.1) is 0 Å². The first-order valence-electron chi connectivity index (χ1n) is 7.32. The van der Waals surface area contributed by atoms with E-state index in [-0.39, 0.29) is 0 Å². The molecule has 20 heavy (non-hydrogen) atoms. The minimum absolute atomic E-state index is 0.536. The van der Waals surface area contributed by atoms with Crippen molar-refractivity contribution in [3.8, 4) is 5.75 Å². The van der Waals surface area contributed by atoms with Gasteiger partial charge in [0.1, 0.15) is 5.75 Å². The monoisotopic (exact) mass is 277 g/mol. The molecule has 0 amide bonds. The van der Waals surface area contributed by atoms with E-state index in [1.807, 2.05) is 12.1 Å². The van der Waals surface area contributed by atoms with Crippen LogP contribution in [0.5, 0.6) is 5.75 Å². The Morgan fingerprint density at radius 2 is 2.10 bits per heavy atom. The van der Waals surface area contributed by atoms with E-state index in [9.17, 15) is 0 Å². The number of nitrogens with zero attached hydrogens (tertiary/aromatic N) is 1. The molecule has 1 aromatic rings. The molecular formula is C16H27N3O. The first kappa shape index (κ1) is 16.3. The van der Waals surface area contributed by atoms with Crippen LogP contribution in [0.1, 0.15) is 32.8 Å². The minimum atomic E-state index is 0.536. The average molecular weight is 277 g/mol. The highest BCUT2D eigenvalue weighted by molar-refractivity contribution is 5.79. The molecule has 0 aliphatic carbocycles. The highest BCUT2D eigenvalue weighted by Crippen LogP contribution is 2.14. The summed E-state index contributed by atoms with van der Waals surface area (Å²) < 4.78 is 5.73. The molecule has 0 atom stereocenters. The summed E-state index contributed by atoms with van der Waals surface area (Å²) in [4.78, 5) is 4.19. The molecule has 0 saturated carbocycles. The molecule has 4 nitrogen and oxygen atoms in total. The van der Waals surface area contributed by atoms with Crippen molar-refractivity contribution >= 4 is 5.96 Å². The Hall–Kier alpha value is -1.71. The number of rotatable bonds is 7. The van der Waals surface area contributed by atoms with Crippen molar-refractivity contribution < 1.29 is 4.74 Å². The molecule has 4 heteroatoms. The molecule has 0 aromatic heterocycles. The van der Waals surface area contributed by atoms with Gasteiger partial charge >= 0.3 is 0 Å². The second kappa shape index (κ2) is 9.23. The minimum Gasteiger partial charge on any atom is -0.493 e. The Morgan fingerprint density at radius 1 is 1.30 bits per heavy atom. The molecule has 0 aliphatic rings. The molecule has 0 saturated heterocycles. The highest BCUT2D eigenvalue weighted by atomic mass is 16.5. The van der Waals surface area contributed by atoms with E-state index in [0.29, 0.717) is 5.92 Å². The molecule has 0 radical (unpaired) electrons. The maximum Gasteiger partial charge on any atom is 0.191 e. The maximum absolute atomic E-state index is 5.73. The summed E-state index contributed by atoms with van der Waals surface area (Å²) in [5, 5.41) is 6.55. The van der Waals surface area contributed by atoms with Gasteiger partial charge in [-0.2, -0.15) is 0 Å². The van der Waals surface area contributed by atoms with Crippen LogP contribution in [0.3, 0.4) is 0 Å². The Kier molecular flexibility index (Phi) is 7.55. The van der Waals surface area contributed by atoms with Gasteiger partial charge in [0.25, 0.3) is 0 Å². The number of nitrogens with one attached hydrogen (secondary N) is 2. The third-order valence-corrected chi connectivity index (χ3v) is 2.71. The number of hydrogen-bond donors (Lipinski definition) is 2. The van der Waals surface area contributed by atoms with Crippen LogP contribution < -0.4 is 15.4 Å². The number of hydrogen-bond acceptors (Lipinski definition) is 2. The van der Waals surface area contributed by atoms with Gasteiger partial charge in [0.15, 0.2) is 5.96 Å². The van der Waals surface area contributed by atoms with Gasteiger partial charge in [0, 0.05) is 20.1 Å². The Bertz CT molecular complexity index is 416. The fourth-order valence-corrected chi connectivity index (χ4v) is 1.66. The molecule has 0 unspecified atom stereocenters. The molecule has 0 spiro atoms. The lowest BCUT2D eigenvalue weighted by Gasteiger charge is -2.13. The quantitative estimate of drug-likeness (QED) is 0.595. The van der Waals surface area contributed by atoms with Gasteiger partial charge in [0.05, 0.1) is 6.61 Å². The predicted octanol–water partition coefficient (Wildman–Crippen LogP) is 2.80. The highest BCUT2D eigenvalue weighted by Gasteiger charge is 2.01. The molecular weight excluding hydrogens is 250 g/mol. The summed E-state index contributed by atoms with van der Waals surface area (Å²) in [7, 11) is 1.78. The maximum atomic E-state index is 5.73. The van der Waals surface area contributed by atoms with E-state index in [0.717, 1.165) is 37.8 Å². The largest absolute Gasteiger partial charge is 0.493 e. The normalized spacial score (nSPS) is 11.6. The first-order chi connectivity index (χ1) is 9.65. The number of guanidine groups is 1. The van der Waals surface area contributed by atoms with E-state index in [4.69, 9.17) is 4.74 Å². The molecule has 112 valence electrons. The van der Waals surface area contributed by atoms with Crippen molar-refractivity contribution in [1.29, 1.82) is 0 Å². The fraction of sp³-hybridized carbons (Fsp3) is 0.562. The summed E-state index contributed by atoms with van der Waals surface area (Å²) in [5.74, 6) is 2.30. The first-order valence-corrected chi connectivity index (χ1v) is 7.32. The van der Waals surface area contributed by atoms with Crippen LogP contribution in [0, 0.1) is 5.92 Å². The molecule has 2 N–H and O–H groups in total. The van der Waals surface area contributed by atoms with Crippen LogP contribution in [0.4, 0.5) is 0 Å². The second-order valence-electron chi connectivity index (χ2n) is 5.20. The van der Waals surface area contributed by atoms with E-state index < -0.39 is 0 Å². The SMILES string of the molecule is CCCNC(=NC)NCc1cccc(OCC(C)C)c1. The zero-order valence-electron chi connectivity index (χ0n) is 13.1. The van der Waals surface area contributed by atoms with Crippen LogP contribution in [0.15, 0.2) is 29.3 Å². The van der Waals surface area contributed by atoms with Crippen LogP contribution >= 0.6 is 0 Å². The topological polar surface area (TPSA) is 45.7 Å². The van der Waals surface area contributed by atoms with Gasteiger partial charge in [-0.25, -0.2) is 0 Å². The van der Waals surface area contributed by atoms with Crippen LogP contribution in [-0.2, 0) is 6.54 Å². The molecule has 1 aromatic carbocycles. The van der Waals surface area contributed by atoms with Crippen LogP contribution in [-0.4, -0.2) is 26.2 Å². The Balaban J connectivity index is 2.49. The van der Waals surface area contributed by atoms with Gasteiger partial charge < -0.3 is 15.4 Å². The predicted molar refractivity (Wildman–Crippen MR) is 85.3 cm³/mol. The van der Waals surface area contributed by atoms with Gasteiger partial charge in [-0.05, 0) is 30.0 Å². The number of benzene rings is 1. The number of aliphatic imine (C=N–C) groups is 1. The second-order valence-corrected chi connectivity index (χ2v) is 5.20. The third kappa shape index (κ3) is 6.45. The van der Waals surface area contributed by atoms with E-state index >= 15 is 0 Å². The molecule has 0 aliphatic heterocycles. The van der Waals surface area contributed by atoms with Crippen molar-refractivity contribution in [2.75, 3.05) is 20.2 Å². The van der Waals surface area contributed by atoms with Gasteiger partial charge in [-0.3, -0.25) is 4.99 Å². The van der Waals surface area contributed by atoms with Crippen molar-refractivity contribution in [3.05, 3.63) is 29.8 Å². The lowest BCUT2D eigenvalue weighted by atomic mass is 10.2. The van der Waals surface area contributed by atoms with Crippen molar-refractivity contribution in [2.45, 2.75) is 33.7 Å². The van der Waals surface area contributed by atoms with Gasteiger partial charge in [-0.1, -0.05) is 32.9 Å². The van der Waals surface area contributed by atoms with E-state index in [1.165, 1.54) is 5.56 Å². The Morgan fingerprint density at radius 3 is 2.75 bits per heavy atom. The molecule has 0 bridgehead atoms. The molecule has 1 rings (SSSR count). The summed E-state index contributed by atoms with van der Waals surface area (Å²) in [6, 6.07) is 8.18. The lowest BCUT2D eigenvalue weighted by Crippen LogP contribution is -2.37. The van der Waals surface area contributed by atoms with Crippen LogP contribution in [0.25, 0.3) is 0 Å². The van der Waals surface area contributed by atoms with Crippen molar-refractivity contribution in [3.63, 3.8) is 0 Å². The summed E-state index contributed by atoms with van der Waals surface area (Å²) in [5.41, 5.74) is 1.19. The number of ether oxygens (including phenoxy) is 1. The van der Waals surface area contributed by atoms with Crippen LogP contribution in [0.2, 0.25) is 0 Å². The molecule has 0 fully saturated rings. The van der Waals surface area contributed by atoms with Crippen molar-refractivity contribution in [1.82, 2.24) is 10.6 Å². The van der Waals surface area contributed by atoms with E-state index in [2.05, 4.69) is 48.5 Å². The lowest BCUT2D eigenvalue weighted by molar-refractivity contribution is 0.271. The standard InChI is InChI=1S/C16H27N3O/c1-5-9-18-16(17-4)19-11-14-7-6-8-15(10-14)20-12-13(2)3/h6-8,10,13H,5,9,11-12H2,1-4H3,(H2,17,18,19). The molecule has 0 heterocycles. The smallest absolute Gasteiger partial charge is 0.191 e. The summed E-state index contributed by atoms with van der Waals surface area (Å²) in [6.07, 6.45) is 1.08. The van der Waals surface area contributed by atoms with Gasteiger partial charge in [0.2, 0.25) is 0 Å². The summed E-state index contributed by atoms with van der Waals surface area (Å²) >= 11 is 0. The van der Waals surface area contributed by atoms with E-state index in [1.54, 1.807) is 7.05 Å². The van der Waals surface area contributed by atoms with Crippen molar-refractivity contribution in [2.24, 2.45) is 10.9 Å².